The minimum absolute atomic E-state index is 0.581. The highest BCUT2D eigenvalue weighted by Gasteiger charge is 2.59. The molecule has 56 heavy (non-hydrogen) atoms. The molecule has 0 aromatic heterocycles. The van der Waals surface area contributed by atoms with Crippen molar-refractivity contribution in [2.45, 2.75) is 244 Å². The first-order valence-corrected chi connectivity index (χ1v) is 27.3. The summed E-state index contributed by atoms with van der Waals surface area (Å²) in [6.45, 7) is 5.58. The van der Waals surface area contributed by atoms with Crippen LogP contribution in [-0.2, 0) is 0 Å². The third-order valence-electron chi connectivity index (χ3n) is 23.1. The van der Waals surface area contributed by atoms with Crippen molar-refractivity contribution in [2.24, 2.45) is 100 Å². The third-order valence-corrected chi connectivity index (χ3v) is 23.1. The lowest BCUT2D eigenvalue weighted by atomic mass is 9.62. The first-order valence-electron chi connectivity index (χ1n) is 27.3. The van der Waals surface area contributed by atoms with Gasteiger partial charge in [0.15, 0.2) is 0 Å². The topological polar surface area (TPSA) is 3.24 Å². The van der Waals surface area contributed by atoms with Crippen LogP contribution in [0, 0.1) is 100 Å². The Labute approximate surface area is 347 Å². The minimum Gasteiger partial charge on any atom is -0.294 e. The van der Waals surface area contributed by atoms with Crippen molar-refractivity contribution in [3.8, 4) is 0 Å². The zero-order chi connectivity index (χ0) is 37.4. The molecule has 0 amide bonds. The van der Waals surface area contributed by atoms with E-state index in [1.165, 1.54) is 32.1 Å². The molecule has 316 valence electrons. The van der Waals surface area contributed by atoms with Crippen molar-refractivity contribution in [1.82, 2.24) is 4.90 Å². The van der Waals surface area contributed by atoms with Gasteiger partial charge in [-0.1, -0.05) is 104 Å². The predicted molar refractivity (Wildman–Crippen MR) is 235 cm³/mol. The van der Waals surface area contributed by atoms with E-state index in [1.54, 1.807) is 180 Å². The van der Waals surface area contributed by atoms with E-state index in [1.807, 2.05) is 0 Å². The normalized spacial score (nSPS) is 52.1. The minimum atomic E-state index is 0.581. The molecule has 13 atom stereocenters. The van der Waals surface area contributed by atoms with Gasteiger partial charge in [0.2, 0.25) is 0 Å². The van der Waals surface area contributed by atoms with Crippen molar-refractivity contribution in [1.29, 1.82) is 0 Å². The quantitative estimate of drug-likeness (QED) is 0.260. The van der Waals surface area contributed by atoms with Gasteiger partial charge in [-0.25, -0.2) is 0 Å². The van der Waals surface area contributed by atoms with E-state index in [9.17, 15) is 0 Å². The fourth-order valence-electron chi connectivity index (χ4n) is 20.9. The van der Waals surface area contributed by atoms with Crippen LogP contribution in [-0.4, -0.2) is 23.0 Å². The average Bonchev–Trinajstić information content (AvgIpc) is 3.93. The van der Waals surface area contributed by atoms with E-state index in [4.69, 9.17) is 0 Å². The van der Waals surface area contributed by atoms with E-state index >= 15 is 0 Å². The fourth-order valence-corrected chi connectivity index (χ4v) is 20.9. The molecule has 0 heterocycles. The molecule has 0 bridgehead atoms. The van der Waals surface area contributed by atoms with Crippen LogP contribution in [0.15, 0.2) is 0 Å². The van der Waals surface area contributed by atoms with E-state index < -0.39 is 0 Å². The van der Waals surface area contributed by atoms with Crippen LogP contribution in [0.5, 0.6) is 0 Å². The van der Waals surface area contributed by atoms with E-state index in [-0.39, 0.29) is 0 Å². The third kappa shape index (κ3) is 7.01. The van der Waals surface area contributed by atoms with Gasteiger partial charge < -0.3 is 0 Å². The Morgan fingerprint density at radius 1 is 0.304 bits per heavy atom. The molecule has 0 aromatic rings. The lowest BCUT2D eigenvalue weighted by molar-refractivity contribution is -0.0493. The summed E-state index contributed by atoms with van der Waals surface area (Å²) in [7, 11) is 0. The van der Waals surface area contributed by atoms with Crippen molar-refractivity contribution in [3.05, 3.63) is 0 Å². The molecule has 0 saturated heterocycles. The Hall–Kier alpha value is -0.0400. The van der Waals surface area contributed by atoms with Crippen LogP contribution in [0.3, 0.4) is 0 Å². The van der Waals surface area contributed by atoms with Crippen molar-refractivity contribution < 1.29 is 0 Å². The Kier molecular flexibility index (Phi) is 11.3. The summed E-state index contributed by atoms with van der Waals surface area (Å²) in [4.78, 5) is 3.53. The maximum atomic E-state index is 3.53. The maximum Gasteiger partial charge on any atom is 0.0132 e. The second-order valence-electron chi connectivity index (χ2n) is 25.2. The Bertz CT molecular complexity index is 1280. The van der Waals surface area contributed by atoms with Gasteiger partial charge in [-0.15, -0.1) is 0 Å². The molecule has 0 aliphatic heterocycles. The van der Waals surface area contributed by atoms with Crippen LogP contribution in [0.25, 0.3) is 0 Å². The molecule has 11 rings (SSSR count). The number of hydrogen-bond donors (Lipinski definition) is 0. The molecular weight excluding hydrogens is 675 g/mol. The van der Waals surface area contributed by atoms with Crippen molar-refractivity contribution >= 4 is 0 Å². The summed E-state index contributed by atoms with van der Waals surface area (Å²) in [5, 5.41) is 0. The lowest BCUT2D eigenvalue weighted by Crippen LogP contribution is -2.57. The molecule has 11 fully saturated rings. The first-order chi connectivity index (χ1) is 27.5. The second-order valence-corrected chi connectivity index (χ2v) is 25.2. The highest BCUT2D eigenvalue weighted by atomic mass is 15.2. The molecule has 11 aliphatic carbocycles. The summed E-state index contributed by atoms with van der Waals surface area (Å²) in [6, 6.07) is 2.76. The largest absolute Gasteiger partial charge is 0.294 e. The highest BCUT2D eigenvalue weighted by Crippen LogP contribution is 2.65. The molecule has 0 spiro atoms. The molecular formula is C55H91N. The van der Waals surface area contributed by atoms with Crippen molar-refractivity contribution in [2.75, 3.05) is 0 Å². The van der Waals surface area contributed by atoms with Crippen LogP contribution in [0.2, 0.25) is 0 Å². The smallest absolute Gasteiger partial charge is 0.0132 e. The summed E-state index contributed by atoms with van der Waals surface area (Å²) in [5.74, 6) is 17.4. The molecule has 0 N–H and O–H groups in total. The van der Waals surface area contributed by atoms with Gasteiger partial charge in [0, 0.05) is 18.1 Å². The van der Waals surface area contributed by atoms with E-state index in [0.29, 0.717) is 5.41 Å². The molecule has 11 saturated carbocycles. The molecule has 0 radical (unpaired) electrons. The van der Waals surface area contributed by atoms with Gasteiger partial charge in [-0.3, -0.25) is 4.90 Å². The Balaban J connectivity index is 0.823. The molecule has 1 heteroatoms. The SMILES string of the molecule is CC1(C)C2CCCCC2C2CCC(N(C3CCC(C4CCC(C5CCCCC5)CC4)CC3)C3CCCC4C3CC3CCCC(C5CC6CCCCC6C5)C34)CC21. The van der Waals surface area contributed by atoms with E-state index in [0.717, 1.165) is 113 Å². The molecule has 13 unspecified atom stereocenters. The standard InChI is InChI=1S/C55H91N/c1-55(2)51-20-9-8-17-47(51)48-31-30-45(35-52(48)55)56(44-28-26-39(27-29-44)38-24-22-37(23-25-38)36-12-4-3-5-13-36)53-21-11-19-49-50(53)34-42-16-10-18-46(54(42)49)43-32-40-14-6-7-15-41(40)33-43/h36-54H,3-35H2,1-2H3. The number of fused-ring (bicyclic) bond motifs is 7. The van der Waals surface area contributed by atoms with Gasteiger partial charge >= 0.3 is 0 Å². The lowest BCUT2D eigenvalue weighted by Gasteiger charge is -2.54. The zero-order valence-electron chi connectivity index (χ0n) is 37.3. The fraction of sp³-hybridized carbons (Fsp3) is 1.00. The molecule has 11 aliphatic rings. The van der Waals surface area contributed by atoms with Gasteiger partial charge in [0.25, 0.3) is 0 Å². The number of hydrogen-bond acceptors (Lipinski definition) is 1. The van der Waals surface area contributed by atoms with Gasteiger partial charge in [-0.05, 0) is 222 Å². The Morgan fingerprint density at radius 2 is 0.821 bits per heavy atom. The van der Waals surface area contributed by atoms with Gasteiger partial charge in [0.1, 0.15) is 0 Å². The van der Waals surface area contributed by atoms with Crippen molar-refractivity contribution in [3.63, 3.8) is 0 Å². The van der Waals surface area contributed by atoms with Crippen LogP contribution in [0.1, 0.15) is 226 Å². The second kappa shape index (κ2) is 16.3. The predicted octanol–water partition coefficient (Wildman–Crippen LogP) is 15.3. The van der Waals surface area contributed by atoms with Gasteiger partial charge in [0.05, 0.1) is 0 Å². The molecule has 1 nitrogen and oxygen atoms in total. The first kappa shape index (κ1) is 38.9. The summed E-state index contributed by atoms with van der Waals surface area (Å²) >= 11 is 0. The summed E-state index contributed by atoms with van der Waals surface area (Å²) < 4.78 is 0. The van der Waals surface area contributed by atoms with Crippen LogP contribution < -0.4 is 0 Å². The number of nitrogens with zero attached hydrogens (tertiary/aromatic N) is 1. The van der Waals surface area contributed by atoms with Crippen LogP contribution >= 0.6 is 0 Å². The zero-order valence-corrected chi connectivity index (χ0v) is 37.3. The summed E-state index contributed by atoms with van der Waals surface area (Å²) in [6.07, 6.45) is 52.3. The summed E-state index contributed by atoms with van der Waals surface area (Å²) in [5.41, 5.74) is 0.581. The van der Waals surface area contributed by atoms with Gasteiger partial charge in [-0.2, -0.15) is 0 Å². The van der Waals surface area contributed by atoms with E-state index in [2.05, 4.69) is 18.7 Å². The highest BCUT2D eigenvalue weighted by molar-refractivity contribution is 5.10. The Morgan fingerprint density at radius 3 is 1.55 bits per heavy atom. The maximum absolute atomic E-state index is 3.53. The van der Waals surface area contributed by atoms with Crippen LogP contribution in [0.4, 0.5) is 0 Å². The average molecular weight is 766 g/mol. The number of rotatable bonds is 6. The molecule has 0 aromatic carbocycles. The monoisotopic (exact) mass is 766 g/mol.